The van der Waals surface area contributed by atoms with Crippen LogP contribution in [0.15, 0.2) is 84.9 Å². The van der Waals surface area contributed by atoms with Gasteiger partial charge in [0.25, 0.3) is 0 Å². The van der Waals surface area contributed by atoms with Gasteiger partial charge in [-0.25, -0.2) is 4.79 Å². The van der Waals surface area contributed by atoms with E-state index in [9.17, 15) is 14.4 Å². The van der Waals surface area contributed by atoms with Gasteiger partial charge in [0.1, 0.15) is 5.75 Å². The summed E-state index contributed by atoms with van der Waals surface area (Å²) in [5, 5.41) is 0. The van der Waals surface area contributed by atoms with Gasteiger partial charge in [-0.15, -0.1) is 0 Å². The number of Topliss-reactive ketones (excluding diaryl/α,β-unsaturated/α-hetero) is 1. The van der Waals surface area contributed by atoms with Crippen LogP contribution in [0.4, 0.5) is 0 Å². The van der Waals surface area contributed by atoms with Gasteiger partial charge in [-0.2, -0.15) is 0 Å². The van der Waals surface area contributed by atoms with Crippen molar-refractivity contribution >= 4 is 17.5 Å². The highest BCUT2D eigenvalue weighted by molar-refractivity contribution is 6.09. The van der Waals surface area contributed by atoms with E-state index in [2.05, 4.69) is 0 Å². The van der Waals surface area contributed by atoms with Gasteiger partial charge in [0, 0.05) is 16.7 Å². The van der Waals surface area contributed by atoms with E-state index in [1.54, 1.807) is 78.9 Å². The Bertz CT molecular complexity index is 947. The van der Waals surface area contributed by atoms with E-state index in [0.717, 1.165) is 0 Å². The summed E-state index contributed by atoms with van der Waals surface area (Å²) >= 11 is 0. The molecule has 0 aromatic heterocycles. The fourth-order valence-corrected chi connectivity index (χ4v) is 2.50. The van der Waals surface area contributed by atoms with Gasteiger partial charge in [0.2, 0.25) is 0 Å². The molecule has 0 N–H and O–H groups in total. The maximum atomic E-state index is 12.3. The van der Waals surface area contributed by atoms with E-state index in [0.29, 0.717) is 22.4 Å². The van der Waals surface area contributed by atoms with E-state index >= 15 is 0 Å². The predicted octanol–water partition coefficient (Wildman–Crippen LogP) is 3.72. The Morgan fingerprint density at radius 1 is 0.607 bits per heavy atom. The van der Waals surface area contributed by atoms with E-state index in [4.69, 9.17) is 9.47 Å². The van der Waals surface area contributed by atoms with Crippen LogP contribution in [-0.2, 0) is 9.53 Å². The summed E-state index contributed by atoms with van der Waals surface area (Å²) in [5.41, 5.74) is 1.60. The second kappa shape index (κ2) is 9.28. The molecule has 0 atom stereocenters. The summed E-state index contributed by atoms with van der Waals surface area (Å²) in [6, 6.07) is 24.0. The van der Waals surface area contributed by atoms with Crippen LogP contribution in [0.2, 0.25) is 0 Å². The fourth-order valence-electron chi connectivity index (χ4n) is 2.50. The van der Waals surface area contributed by atoms with E-state index in [1.807, 2.05) is 6.07 Å². The van der Waals surface area contributed by atoms with Gasteiger partial charge < -0.3 is 9.47 Å². The standard InChI is InChI=1S/C23H18O5/c24-21(17-7-3-1-4-8-17)15-28-22(25)16-27-20-13-11-19(12-14-20)23(26)18-9-5-2-6-10-18/h1-14H,15-16H2. The number of benzene rings is 3. The van der Waals surface area contributed by atoms with Crippen LogP contribution in [0.1, 0.15) is 26.3 Å². The summed E-state index contributed by atoms with van der Waals surface area (Å²) in [7, 11) is 0. The minimum Gasteiger partial charge on any atom is -0.482 e. The largest absolute Gasteiger partial charge is 0.482 e. The van der Waals surface area contributed by atoms with Crippen molar-refractivity contribution in [3.8, 4) is 5.75 Å². The molecule has 0 radical (unpaired) electrons. The van der Waals surface area contributed by atoms with Gasteiger partial charge in [-0.1, -0.05) is 60.7 Å². The van der Waals surface area contributed by atoms with Crippen molar-refractivity contribution in [1.29, 1.82) is 0 Å². The lowest BCUT2D eigenvalue weighted by Gasteiger charge is -2.07. The number of rotatable bonds is 8. The number of hydrogen-bond acceptors (Lipinski definition) is 5. The predicted molar refractivity (Wildman–Crippen MR) is 104 cm³/mol. The average Bonchev–Trinajstić information content (AvgIpc) is 2.77. The molecule has 0 aliphatic heterocycles. The molecule has 5 nitrogen and oxygen atoms in total. The monoisotopic (exact) mass is 374 g/mol. The van der Waals surface area contributed by atoms with Crippen molar-refractivity contribution in [3.05, 3.63) is 102 Å². The molecule has 28 heavy (non-hydrogen) atoms. The molecule has 0 unspecified atom stereocenters. The van der Waals surface area contributed by atoms with Crippen LogP contribution in [0.25, 0.3) is 0 Å². The summed E-state index contributed by atoms with van der Waals surface area (Å²) in [6.07, 6.45) is 0. The number of hydrogen-bond donors (Lipinski definition) is 0. The summed E-state index contributed by atoms with van der Waals surface area (Å²) < 4.78 is 10.3. The third kappa shape index (κ3) is 5.14. The molecular weight excluding hydrogens is 356 g/mol. The number of ether oxygens (including phenoxy) is 2. The van der Waals surface area contributed by atoms with E-state index in [1.165, 1.54) is 0 Å². The molecule has 0 spiro atoms. The molecule has 5 heteroatoms. The molecule has 0 saturated carbocycles. The van der Waals surface area contributed by atoms with Gasteiger partial charge in [-0.05, 0) is 24.3 Å². The molecule has 3 rings (SSSR count). The maximum absolute atomic E-state index is 12.3. The topological polar surface area (TPSA) is 69.7 Å². The average molecular weight is 374 g/mol. The highest BCUT2D eigenvalue weighted by Crippen LogP contribution is 2.15. The number of ketones is 2. The van der Waals surface area contributed by atoms with E-state index in [-0.39, 0.29) is 24.8 Å². The normalized spacial score (nSPS) is 10.1. The Labute approximate surface area is 162 Å². The molecule has 0 aliphatic carbocycles. The first-order valence-electron chi connectivity index (χ1n) is 8.70. The maximum Gasteiger partial charge on any atom is 0.344 e. The van der Waals surface area contributed by atoms with Crippen LogP contribution >= 0.6 is 0 Å². The smallest absolute Gasteiger partial charge is 0.344 e. The van der Waals surface area contributed by atoms with Gasteiger partial charge >= 0.3 is 5.97 Å². The Morgan fingerprint density at radius 2 is 1.14 bits per heavy atom. The summed E-state index contributed by atoms with van der Waals surface area (Å²) in [5.74, 6) is -0.589. The lowest BCUT2D eigenvalue weighted by molar-refractivity contribution is -0.144. The van der Waals surface area contributed by atoms with Crippen molar-refractivity contribution in [2.24, 2.45) is 0 Å². The van der Waals surface area contributed by atoms with Crippen molar-refractivity contribution in [2.45, 2.75) is 0 Å². The van der Waals surface area contributed by atoms with Crippen LogP contribution in [0, 0.1) is 0 Å². The second-order valence-corrected chi connectivity index (χ2v) is 5.96. The van der Waals surface area contributed by atoms with Crippen LogP contribution < -0.4 is 4.74 Å². The molecule has 0 bridgehead atoms. The summed E-state index contributed by atoms with van der Waals surface area (Å²) in [6.45, 7) is -0.662. The zero-order chi connectivity index (χ0) is 19.8. The summed E-state index contributed by atoms with van der Waals surface area (Å²) in [4.78, 5) is 36.0. The highest BCUT2D eigenvalue weighted by atomic mass is 16.6. The first-order chi connectivity index (χ1) is 13.6. The van der Waals surface area contributed by atoms with Crippen LogP contribution in [0.3, 0.4) is 0 Å². The minimum absolute atomic E-state index is 0.0917. The van der Waals surface area contributed by atoms with Gasteiger partial charge in [0.15, 0.2) is 24.8 Å². The number of carbonyl (C=O) groups excluding carboxylic acids is 3. The quantitative estimate of drug-likeness (QED) is 0.444. The Morgan fingerprint density at radius 3 is 1.75 bits per heavy atom. The van der Waals surface area contributed by atoms with Crippen molar-refractivity contribution in [2.75, 3.05) is 13.2 Å². The lowest BCUT2D eigenvalue weighted by atomic mass is 10.0. The molecule has 3 aromatic carbocycles. The lowest BCUT2D eigenvalue weighted by Crippen LogP contribution is -2.19. The van der Waals surface area contributed by atoms with Crippen molar-refractivity contribution < 1.29 is 23.9 Å². The second-order valence-electron chi connectivity index (χ2n) is 5.96. The highest BCUT2D eigenvalue weighted by Gasteiger charge is 2.11. The van der Waals surface area contributed by atoms with Crippen LogP contribution in [0.5, 0.6) is 5.75 Å². The first-order valence-corrected chi connectivity index (χ1v) is 8.70. The van der Waals surface area contributed by atoms with Crippen LogP contribution in [-0.4, -0.2) is 30.7 Å². The first kappa shape index (κ1) is 19.0. The molecule has 140 valence electrons. The Kier molecular flexibility index (Phi) is 6.31. The Hall–Kier alpha value is -3.73. The zero-order valence-electron chi connectivity index (χ0n) is 15.0. The molecule has 0 saturated heterocycles. The minimum atomic E-state index is -0.645. The Balaban J connectivity index is 1.47. The number of carbonyl (C=O) groups is 3. The molecule has 0 amide bonds. The molecule has 3 aromatic rings. The van der Waals surface area contributed by atoms with Crippen molar-refractivity contribution in [3.63, 3.8) is 0 Å². The van der Waals surface area contributed by atoms with Gasteiger partial charge in [-0.3, -0.25) is 9.59 Å². The molecule has 0 heterocycles. The molecule has 0 aliphatic rings. The zero-order valence-corrected chi connectivity index (χ0v) is 15.0. The third-order valence-corrected chi connectivity index (χ3v) is 3.97. The number of esters is 1. The molecule has 0 fully saturated rings. The third-order valence-electron chi connectivity index (χ3n) is 3.97. The molecular formula is C23H18O5. The van der Waals surface area contributed by atoms with E-state index < -0.39 is 5.97 Å². The van der Waals surface area contributed by atoms with Gasteiger partial charge in [0.05, 0.1) is 0 Å². The fraction of sp³-hybridized carbons (Fsp3) is 0.0870. The SMILES string of the molecule is O=C(COc1ccc(C(=O)c2ccccc2)cc1)OCC(=O)c1ccccc1. The van der Waals surface area contributed by atoms with Crippen molar-refractivity contribution in [1.82, 2.24) is 0 Å².